The molecule has 0 aliphatic carbocycles. The van der Waals surface area contributed by atoms with E-state index in [1.54, 1.807) is 25.5 Å². The minimum absolute atomic E-state index is 0.0801. The number of hydrogen-bond acceptors (Lipinski definition) is 6. The number of hydrogen-bond donors (Lipinski definition) is 1. The number of furan rings is 1. The number of ether oxygens (including phenoxy) is 1. The highest BCUT2D eigenvalue weighted by molar-refractivity contribution is 7.99. The molecule has 0 fully saturated rings. The molecule has 0 atom stereocenters. The third-order valence-electron chi connectivity index (χ3n) is 3.75. The van der Waals surface area contributed by atoms with Gasteiger partial charge in [-0.3, -0.25) is 9.36 Å². The van der Waals surface area contributed by atoms with Crippen LogP contribution in [0.2, 0.25) is 0 Å². The highest BCUT2D eigenvalue weighted by Crippen LogP contribution is 2.24. The first kappa shape index (κ1) is 18.8. The van der Waals surface area contributed by atoms with E-state index < -0.39 is 0 Å². The molecule has 0 saturated heterocycles. The first-order chi connectivity index (χ1) is 13.2. The summed E-state index contributed by atoms with van der Waals surface area (Å²) in [6.07, 6.45) is 3.34. The number of allylic oxidation sites excluding steroid dienone is 1. The Morgan fingerprint density at radius 3 is 2.81 bits per heavy atom. The van der Waals surface area contributed by atoms with Crippen LogP contribution in [0.25, 0.3) is 11.6 Å². The molecule has 8 heteroatoms. The van der Waals surface area contributed by atoms with Gasteiger partial charge in [0.2, 0.25) is 11.7 Å². The first-order valence-corrected chi connectivity index (χ1v) is 9.30. The Hall–Kier alpha value is -3.00. The molecular formula is C19H20N4O3S. The fraction of sp³-hybridized carbons (Fsp3) is 0.211. The van der Waals surface area contributed by atoms with Gasteiger partial charge in [-0.25, -0.2) is 0 Å². The van der Waals surface area contributed by atoms with E-state index in [0.29, 0.717) is 29.8 Å². The fourth-order valence-corrected chi connectivity index (χ4v) is 3.18. The van der Waals surface area contributed by atoms with Gasteiger partial charge in [-0.2, -0.15) is 0 Å². The maximum atomic E-state index is 12.2. The van der Waals surface area contributed by atoms with E-state index in [1.165, 1.54) is 11.8 Å². The van der Waals surface area contributed by atoms with Crippen molar-refractivity contribution in [3.8, 4) is 17.3 Å². The van der Waals surface area contributed by atoms with E-state index in [9.17, 15) is 4.79 Å². The fourth-order valence-electron chi connectivity index (χ4n) is 2.40. The maximum absolute atomic E-state index is 12.2. The van der Waals surface area contributed by atoms with E-state index in [2.05, 4.69) is 22.1 Å². The highest BCUT2D eigenvalue weighted by Gasteiger charge is 2.16. The summed E-state index contributed by atoms with van der Waals surface area (Å²) in [7, 11) is 1.62. The van der Waals surface area contributed by atoms with Crippen LogP contribution in [0.15, 0.2) is 64.9 Å². The molecule has 3 rings (SSSR count). The number of carbonyl (C=O) groups is 1. The van der Waals surface area contributed by atoms with Crippen molar-refractivity contribution in [2.75, 3.05) is 12.9 Å². The molecule has 1 N–H and O–H groups in total. The van der Waals surface area contributed by atoms with E-state index >= 15 is 0 Å². The second-order valence-corrected chi connectivity index (χ2v) is 6.54. The van der Waals surface area contributed by atoms with Crippen molar-refractivity contribution in [3.63, 3.8) is 0 Å². The molecule has 0 aliphatic heterocycles. The molecule has 1 amide bonds. The van der Waals surface area contributed by atoms with Crippen LogP contribution in [0.4, 0.5) is 0 Å². The standard InChI is InChI=1S/C19H20N4O3S/c1-3-10-23-18(16-5-4-11-26-16)21-22-19(23)27-13-17(24)20-12-14-6-8-15(25-2)9-7-14/h3-9,11H,1,10,12-13H2,2H3,(H,20,24). The highest BCUT2D eigenvalue weighted by atomic mass is 32.2. The number of aromatic nitrogens is 3. The topological polar surface area (TPSA) is 82.2 Å². The Labute approximate surface area is 161 Å². The Morgan fingerprint density at radius 1 is 1.33 bits per heavy atom. The van der Waals surface area contributed by atoms with Crippen LogP contribution in [0, 0.1) is 0 Å². The molecular weight excluding hydrogens is 364 g/mol. The lowest BCUT2D eigenvalue weighted by atomic mass is 10.2. The molecule has 0 saturated carbocycles. The van der Waals surface area contributed by atoms with Crippen molar-refractivity contribution in [2.45, 2.75) is 18.2 Å². The van der Waals surface area contributed by atoms with Crippen molar-refractivity contribution in [1.29, 1.82) is 0 Å². The number of rotatable bonds is 9. The molecule has 0 spiro atoms. The molecule has 27 heavy (non-hydrogen) atoms. The van der Waals surface area contributed by atoms with Gasteiger partial charge in [-0.15, -0.1) is 16.8 Å². The molecule has 0 bridgehead atoms. The summed E-state index contributed by atoms with van der Waals surface area (Å²) in [6, 6.07) is 11.2. The lowest BCUT2D eigenvalue weighted by Crippen LogP contribution is -2.24. The molecule has 0 aliphatic rings. The molecule has 7 nitrogen and oxygen atoms in total. The lowest BCUT2D eigenvalue weighted by molar-refractivity contribution is -0.118. The van der Waals surface area contributed by atoms with Crippen LogP contribution in [-0.2, 0) is 17.9 Å². The third-order valence-corrected chi connectivity index (χ3v) is 4.72. The molecule has 140 valence electrons. The van der Waals surface area contributed by atoms with Crippen molar-refractivity contribution in [1.82, 2.24) is 20.1 Å². The van der Waals surface area contributed by atoms with Gasteiger partial charge >= 0.3 is 0 Å². The summed E-state index contributed by atoms with van der Waals surface area (Å²) in [5, 5.41) is 11.9. The van der Waals surface area contributed by atoms with Gasteiger partial charge in [0.05, 0.1) is 19.1 Å². The van der Waals surface area contributed by atoms with E-state index in [4.69, 9.17) is 9.15 Å². The van der Waals surface area contributed by atoms with Crippen molar-refractivity contribution in [3.05, 3.63) is 60.9 Å². The molecule has 1 aromatic carbocycles. The summed E-state index contributed by atoms with van der Waals surface area (Å²) in [5.41, 5.74) is 1.00. The number of amides is 1. The average Bonchev–Trinajstić information content (AvgIpc) is 3.35. The molecule has 2 heterocycles. The van der Waals surface area contributed by atoms with Crippen molar-refractivity contribution >= 4 is 17.7 Å². The maximum Gasteiger partial charge on any atom is 0.230 e. The molecule has 3 aromatic rings. The number of carbonyl (C=O) groups excluding carboxylic acids is 1. The second kappa shape index (κ2) is 9.09. The van der Waals surface area contributed by atoms with Crippen LogP contribution in [-0.4, -0.2) is 33.5 Å². The van der Waals surface area contributed by atoms with Gasteiger partial charge in [0.25, 0.3) is 0 Å². The van der Waals surface area contributed by atoms with E-state index in [0.717, 1.165) is 11.3 Å². The number of nitrogens with zero attached hydrogens (tertiary/aromatic N) is 3. The van der Waals surface area contributed by atoms with E-state index in [1.807, 2.05) is 34.9 Å². The smallest absolute Gasteiger partial charge is 0.230 e. The zero-order chi connectivity index (χ0) is 19.1. The zero-order valence-electron chi connectivity index (χ0n) is 14.9. The van der Waals surface area contributed by atoms with Crippen LogP contribution >= 0.6 is 11.8 Å². The van der Waals surface area contributed by atoms with Crippen LogP contribution in [0.1, 0.15) is 5.56 Å². The molecule has 2 aromatic heterocycles. The van der Waals surface area contributed by atoms with E-state index in [-0.39, 0.29) is 11.7 Å². The average molecular weight is 384 g/mol. The van der Waals surface area contributed by atoms with Gasteiger partial charge in [0, 0.05) is 13.1 Å². The predicted octanol–water partition coefficient (Wildman–Crippen LogP) is 3.14. The predicted molar refractivity (Wildman–Crippen MR) is 103 cm³/mol. The van der Waals surface area contributed by atoms with Crippen LogP contribution in [0.5, 0.6) is 5.75 Å². The minimum atomic E-state index is -0.0801. The minimum Gasteiger partial charge on any atom is -0.497 e. The SMILES string of the molecule is C=CCn1c(SCC(=O)NCc2ccc(OC)cc2)nnc1-c1ccco1. The van der Waals surface area contributed by atoms with Gasteiger partial charge in [0.1, 0.15) is 5.75 Å². The number of benzene rings is 1. The van der Waals surface area contributed by atoms with Gasteiger partial charge in [-0.05, 0) is 29.8 Å². The van der Waals surface area contributed by atoms with Crippen molar-refractivity contribution in [2.24, 2.45) is 0 Å². The summed E-state index contributed by atoms with van der Waals surface area (Å²) >= 11 is 1.32. The van der Waals surface area contributed by atoms with Gasteiger partial charge in [0.15, 0.2) is 10.9 Å². The van der Waals surface area contributed by atoms with Crippen LogP contribution < -0.4 is 10.1 Å². The lowest BCUT2D eigenvalue weighted by Gasteiger charge is -2.07. The summed E-state index contributed by atoms with van der Waals surface area (Å²) < 4.78 is 12.4. The third kappa shape index (κ3) is 4.79. The second-order valence-electron chi connectivity index (χ2n) is 5.60. The summed E-state index contributed by atoms with van der Waals surface area (Å²) in [4.78, 5) is 12.2. The van der Waals surface area contributed by atoms with Gasteiger partial charge < -0.3 is 14.5 Å². The number of thioether (sulfide) groups is 1. The number of nitrogens with one attached hydrogen (secondary N) is 1. The monoisotopic (exact) mass is 384 g/mol. The molecule has 0 unspecified atom stereocenters. The Morgan fingerprint density at radius 2 is 2.15 bits per heavy atom. The van der Waals surface area contributed by atoms with Gasteiger partial charge in [-0.1, -0.05) is 30.0 Å². The quantitative estimate of drug-likeness (QED) is 0.451. The van der Waals surface area contributed by atoms with Crippen LogP contribution in [0.3, 0.4) is 0 Å². The van der Waals surface area contributed by atoms with Crippen molar-refractivity contribution < 1.29 is 13.9 Å². The Bertz CT molecular complexity index is 888. The Balaban J connectivity index is 1.57. The molecule has 0 radical (unpaired) electrons. The summed E-state index contributed by atoms with van der Waals surface area (Å²) in [6.45, 7) is 4.75. The normalized spacial score (nSPS) is 10.6. The largest absolute Gasteiger partial charge is 0.497 e. The Kier molecular flexibility index (Phi) is 6.32. The summed E-state index contributed by atoms with van der Waals surface area (Å²) in [5.74, 6) is 2.18. The first-order valence-electron chi connectivity index (χ1n) is 8.31. The number of methoxy groups -OCH3 is 1. The zero-order valence-corrected chi connectivity index (χ0v) is 15.7.